The first-order chi connectivity index (χ1) is 11.6. The van der Waals surface area contributed by atoms with E-state index in [1.807, 2.05) is 6.07 Å². The van der Waals surface area contributed by atoms with E-state index in [0.717, 1.165) is 16.6 Å². The normalized spacial score (nSPS) is 10.8. The van der Waals surface area contributed by atoms with Crippen molar-refractivity contribution in [2.75, 3.05) is 0 Å². The number of rotatable bonds is 4. The van der Waals surface area contributed by atoms with Crippen LogP contribution in [0.3, 0.4) is 0 Å². The topological polar surface area (TPSA) is 110 Å². The first-order valence-electron chi connectivity index (χ1n) is 6.92. The van der Waals surface area contributed by atoms with Crippen LogP contribution in [0.1, 0.15) is 15.9 Å². The molecule has 0 atom stereocenters. The first kappa shape index (κ1) is 15.2. The molecule has 3 aromatic rings. The maximum absolute atomic E-state index is 11.9. The first-order valence-corrected chi connectivity index (χ1v) is 6.92. The number of non-ortho nitro benzene ring substituents is 1. The summed E-state index contributed by atoms with van der Waals surface area (Å²) in [6.45, 7) is 0. The molecule has 0 radical (unpaired) electrons. The van der Waals surface area contributed by atoms with Crippen molar-refractivity contribution in [2.24, 2.45) is 5.10 Å². The quantitative estimate of drug-likeness (QED) is 0.450. The Kier molecular flexibility index (Phi) is 4.19. The number of amides is 1. The lowest BCUT2D eigenvalue weighted by molar-refractivity contribution is -0.384. The van der Waals surface area contributed by atoms with Gasteiger partial charge in [-0.15, -0.1) is 0 Å². The Morgan fingerprint density at radius 2 is 1.79 bits per heavy atom. The third-order valence-electron chi connectivity index (χ3n) is 3.21. The molecule has 3 rings (SSSR count). The summed E-state index contributed by atoms with van der Waals surface area (Å²) in [5.41, 5.74) is 4.82. The molecule has 0 bridgehead atoms. The number of hydrazone groups is 1. The summed E-state index contributed by atoms with van der Waals surface area (Å²) < 4.78 is 0. The second-order valence-electron chi connectivity index (χ2n) is 4.81. The fraction of sp³-hybridized carbons (Fsp3) is 0. The van der Waals surface area contributed by atoms with E-state index in [2.05, 4.69) is 20.5 Å². The Labute approximate surface area is 136 Å². The van der Waals surface area contributed by atoms with Crippen molar-refractivity contribution < 1.29 is 9.72 Å². The number of nitrogens with one attached hydrogen (secondary N) is 1. The van der Waals surface area contributed by atoms with E-state index in [0.29, 0.717) is 0 Å². The van der Waals surface area contributed by atoms with Gasteiger partial charge in [-0.3, -0.25) is 24.9 Å². The molecule has 118 valence electrons. The van der Waals surface area contributed by atoms with Gasteiger partial charge in [-0.05, 0) is 29.8 Å². The zero-order chi connectivity index (χ0) is 16.9. The lowest BCUT2D eigenvalue weighted by Gasteiger charge is -2.00. The predicted molar refractivity (Wildman–Crippen MR) is 87.7 cm³/mol. The molecule has 0 saturated carbocycles. The van der Waals surface area contributed by atoms with Crippen LogP contribution in [0.15, 0.2) is 60.0 Å². The number of carbonyl (C=O) groups is 1. The van der Waals surface area contributed by atoms with Gasteiger partial charge >= 0.3 is 0 Å². The Morgan fingerprint density at radius 3 is 2.50 bits per heavy atom. The Bertz CT molecular complexity index is 938. The minimum Gasteiger partial charge on any atom is -0.267 e. The van der Waals surface area contributed by atoms with Crippen molar-refractivity contribution in [3.05, 3.63) is 76.1 Å². The van der Waals surface area contributed by atoms with Crippen molar-refractivity contribution in [3.63, 3.8) is 0 Å². The minimum atomic E-state index is -0.525. The lowest BCUT2D eigenvalue weighted by atomic mass is 10.2. The fourth-order valence-corrected chi connectivity index (χ4v) is 2.03. The van der Waals surface area contributed by atoms with Gasteiger partial charge in [-0.2, -0.15) is 5.10 Å². The van der Waals surface area contributed by atoms with Crippen molar-refractivity contribution in [1.29, 1.82) is 0 Å². The highest BCUT2D eigenvalue weighted by Crippen LogP contribution is 2.12. The van der Waals surface area contributed by atoms with E-state index in [1.165, 1.54) is 30.5 Å². The Hall–Kier alpha value is -3.68. The van der Waals surface area contributed by atoms with Gasteiger partial charge in [0.15, 0.2) is 0 Å². The summed E-state index contributed by atoms with van der Waals surface area (Å²) in [7, 11) is 0. The molecule has 0 saturated heterocycles. The lowest BCUT2D eigenvalue weighted by Crippen LogP contribution is -2.17. The summed E-state index contributed by atoms with van der Waals surface area (Å²) >= 11 is 0. The molecule has 0 aliphatic carbocycles. The molecule has 0 aliphatic rings. The molecule has 1 N–H and O–H groups in total. The van der Waals surface area contributed by atoms with Crippen LogP contribution >= 0.6 is 0 Å². The number of aromatic nitrogens is 2. The molecule has 24 heavy (non-hydrogen) atoms. The van der Waals surface area contributed by atoms with Crippen molar-refractivity contribution >= 4 is 28.8 Å². The van der Waals surface area contributed by atoms with Gasteiger partial charge < -0.3 is 0 Å². The fourth-order valence-electron chi connectivity index (χ4n) is 2.03. The maximum Gasteiger partial charge on any atom is 0.271 e. The molecule has 8 heteroatoms. The van der Waals surface area contributed by atoms with E-state index in [9.17, 15) is 14.9 Å². The van der Waals surface area contributed by atoms with Crippen LogP contribution < -0.4 is 5.43 Å². The van der Waals surface area contributed by atoms with Gasteiger partial charge in [0.2, 0.25) is 0 Å². The van der Waals surface area contributed by atoms with E-state index in [4.69, 9.17) is 0 Å². The number of hydrogen-bond acceptors (Lipinski definition) is 6. The molecule has 8 nitrogen and oxygen atoms in total. The highest BCUT2D eigenvalue weighted by atomic mass is 16.6. The van der Waals surface area contributed by atoms with Crippen molar-refractivity contribution in [1.82, 2.24) is 15.4 Å². The van der Waals surface area contributed by atoms with Crippen molar-refractivity contribution in [3.8, 4) is 0 Å². The van der Waals surface area contributed by atoms with Crippen LogP contribution in [0.2, 0.25) is 0 Å². The van der Waals surface area contributed by atoms with E-state index < -0.39 is 10.8 Å². The second-order valence-corrected chi connectivity index (χ2v) is 4.81. The highest BCUT2D eigenvalue weighted by molar-refractivity contribution is 5.95. The molecule has 0 unspecified atom stereocenters. The number of nitro groups is 1. The van der Waals surface area contributed by atoms with Crippen LogP contribution in [-0.2, 0) is 0 Å². The molecule has 0 aliphatic heterocycles. The number of fused-ring (bicyclic) bond motifs is 1. The van der Waals surface area contributed by atoms with Crippen molar-refractivity contribution in [2.45, 2.75) is 0 Å². The van der Waals surface area contributed by atoms with Gasteiger partial charge in [0.1, 0.15) is 0 Å². The second kappa shape index (κ2) is 6.61. The molecule has 1 amide bonds. The average molecular weight is 321 g/mol. The van der Waals surface area contributed by atoms with E-state index >= 15 is 0 Å². The Balaban J connectivity index is 1.68. The molecule has 1 heterocycles. The smallest absolute Gasteiger partial charge is 0.267 e. The number of nitro benzene ring substituents is 1. The third-order valence-corrected chi connectivity index (χ3v) is 3.21. The van der Waals surface area contributed by atoms with Crippen LogP contribution in [0.25, 0.3) is 11.0 Å². The molecule has 1 aromatic heterocycles. The van der Waals surface area contributed by atoms with Gasteiger partial charge in [0.05, 0.1) is 22.2 Å². The van der Waals surface area contributed by atoms with Gasteiger partial charge in [0, 0.05) is 30.1 Å². The number of carbonyl (C=O) groups excluding carboxylic acids is 1. The summed E-state index contributed by atoms with van der Waals surface area (Å²) in [5.74, 6) is -0.457. The average Bonchev–Trinajstić information content (AvgIpc) is 2.61. The molecule has 2 aromatic carbocycles. The van der Waals surface area contributed by atoms with Gasteiger partial charge in [-0.1, -0.05) is 6.07 Å². The molecule has 0 spiro atoms. The molecular weight excluding hydrogens is 310 g/mol. The van der Waals surface area contributed by atoms with Gasteiger partial charge in [0.25, 0.3) is 11.6 Å². The van der Waals surface area contributed by atoms with Gasteiger partial charge in [-0.25, -0.2) is 5.43 Å². The molecule has 0 fully saturated rings. The van der Waals surface area contributed by atoms with Crippen LogP contribution in [0.4, 0.5) is 5.69 Å². The predicted octanol–water partition coefficient (Wildman–Crippen LogP) is 2.30. The standard InChI is InChI=1S/C16H11N5O3/c22-16(12-2-4-13(5-3-12)21(23)24)20-19-10-11-1-6-14-15(9-11)18-8-7-17-14/h1-10H,(H,20,22)/b19-10-. The maximum atomic E-state index is 11.9. The van der Waals surface area contributed by atoms with E-state index in [-0.39, 0.29) is 11.3 Å². The van der Waals surface area contributed by atoms with Crippen LogP contribution in [0.5, 0.6) is 0 Å². The number of hydrogen-bond donors (Lipinski definition) is 1. The largest absolute Gasteiger partial charge is 0.271 e. The third kappa shape index (κ3) is 3.38. The Morgan fingerprint density at radius 1 is 1.08 bits per heavy atom. The van der Waals surface area contributed by atoms with E-state index in [1.54, 1.807) is 24.5 Å². The zero-order valence-electron chi connectivity index (χ0n) is 12.3. The minimum absolute atomic E-state index is 0.0766. The van der Waals surface area contributed by atoms with Crippen LogP contribution in [-0.4, -0.2) is 27.0 Å². The summed E-state index contributed by atoms with van der Waals surface area (Å²) in [6, 6.07) is 10.7. The zero-order valence-corrected chi connectivity index (χ0v) is 12.3. The summed E-state index contributed by atoms with van der Waals surface area (Å²) in [5, 5.41) is 14.5. The number of nitrogens with zero attached hydrogens (tertiary/aromatic N) is 4. The summed E-state index contributed by atoms with van der Waals surface area (Å²) in [4.78, 5) is 30.3. The number of benzene rings is 2. The monoisotopic (exact) mass is 321 g/mol. The highest BCUT2D eigenvalue weighted by Gasteiger charge is 2.08. The van der Waals surface area contributed by atoms with Crippen LogP contribution in [0, 0.1) is 10.1 Å². The molecular formula is C16H11N5O3. The SMILES string of the molecule is O=C(N/N=C\c1ccc2nccnc2c1)c1ccc([N+](=O)[O-])cc1. The summed E-state index contributed by atoms with van der Waals surface area (Å²) in [6.07, 6.45) is 4.69.